The third-order valence-electron chi connectivity index (χ3n) is 5.35. The van der Waals surface area contributed by atoms with Crippen LogP contribution in [0.3, 0.4) is 0 Å². The normalized spacial score (nSPS) is 11.3. The molecule has 0 N–H and O–H groups in total. The van der Waals surface area contributed by atoms with Gasteiger partial charge in [-0.1, -0.05) is 47.4 Å². The molecule has 0 atom stereocenters. The van der Waals surface area contributed by atoms with Crippen LogP contribution in [0.5, 0.6) is 0 Å². The first-order valence-electron chi connectivity index (χ1n) is 9.27. The minimum absolute atomic E-state index is 0.0694. The van der Waals surface area contributed by atoms with Crippen LogP contribution in [0.1, 0.15) is 5.56 Å². The van der Waals surface area contributed by atoms with Crippen LogP contribution in [-0.2, 0) is 0 Å². The fourth-order valence-corrected chi connectivity index (χ4v) is 3.91. The second kappa shape index (κ2) is 7.96. The van der Waals surface area contributed by atoms with E-state index in [0.717, 1.165) is 0 Å². The topological polar surface area (TPSA) is 0 Å². The quantitative estimate of drug-likeness (QED) is 0.240. The molecular weight excluding hydrogens is 439 g/mol. The fraction of sp³-hybridized carbons (Fsp3) is 0.0435. The zero-order valence-corrected chi connectivity index (χ0v) is 16.2. The molecule has 4 aromatic carbocycles. The molecule has 0 saturated heterocycles. The van der Waals surface area contributed by atoms with Gasteiger partial charge in [0.1, 0.15) is 0 Å². The highest BCUT2D eigenvalue weighted by Gasteiger charge is 2.39. The lowest BCUT2D eigenvalue weighted by molar-refractivity contribution is 0.460. The van der Waals surface area contributed by atoms with Crippen molar-refractivity contribution in [2.75, 3.05) is 0 Å². The highest BCUT2D eigenvalue weighted by Crippen LogP contribution is 2.20. The zero-order chi connectivity index (χ0) is 23.3. The molecule has 0 heterocycles. The smallest absolute Gasteiger partial charge is 0.204 e. The molecule has 0 radical (unpaired) electrons. The number of halogens is 8. The molecule has 9 heteroatoms. The predicted molar refractivity (Wildman–Crippen MR) is 106 cm³/mol. The van der Waals surface area contributed by atoms with E-state index in [2.05, 4.69) is 0 Å². The van der Waals surface area contributed by atoms with Gasteiger partial charge in [0.2, 0.25) is 0 Å². The molecule has 4 aromatic rings. The van der Waals surface area contributed by atoms with Gasteiger partial charge < -0.3 is 0 Å². The lowest BCUT2D eigenvalue weighted by atomic mass is 9.35. The molecule has 0 spiro atoms. The minimum Gasteiger partial charge on any atom is -0.204 e. The Balaban J connectivity index is 2.25. The minimum atomic E-state index is -2.25. The van der Waals surface area contributed by atoms with Gasteiger partial charge in [0.05, 0.1) is 0 Å². The van der Waals surface area contributed by atoms with Crippen molar-refractivity contribution >= 4 is 33.9 Å². The van der Waals surface area contributed by atoms with Crippen molar-refractivity contribution in [3.8, 4) is 0 Å². The first-order chi connectivity index (χ1) is 15.1. The van der Waals surface area contributed by atoms with Crippen molar-refractivity contribution in [3.05, 3.63) is 101 Å². The van der Waals surface area contributed by atoms with Crippen LogP contribution in [0.2, 0.25) is 0 Å². The maximum Gasteiger partial charge on any atom is 0.258 e. The number of benzene rings is 4. The summed E-state index contributed by atoms with van der Waals surface area (Å²) in [5.74, 6) is -15.1. The molecule has 0 saturated carbocycles. The fourth-order valence-electron chi connectivity index (χ4n) is 3.91. The van der Waals surface area contributed by atoms with E-state index in [1.54, 1.807) is 18.2 Å². The van der Waals surface area contributed by atoms with Crippen LogP contribution >= 0.6 is 0 Å². The third kappa shape index (κ3) is 3.32. The van der Waals surface area contributed by atoms with Gasteiger partial charge in [0.25, 0.3) is 6.71 Å². The van der Waals surface area contributed by atoms with E-state index in [-0.39, 0.29) is 28.5 Å². The van der Waals surface area contributed by atoms with Gasteiger partial charge >= 0.3 is 0 Å². The maximum atomic E-state index is 14.8. The summed E-state index contributed by atoms with van der Waals surface area (Å²) in [5.41, 5.74) is -2.79. The van der Waals surface area contributed by atoms with Gasteiger partial charge in [-0.15, -0.1) is 0 Å². The molecule has 0 amide bonds. The summed E-state index contributed by atoms with van der Waals surface area (Å²) in [7, 11) is 0. The predicted octanol–water partition coefficient (Wildman–Crippen LogP) is 4.78. The Morgan fingerprint density at radius 2 is 0.969 bits per heavy atom. The lowest BCUT2D eigenvalue weighted by Gasteiger charge is -2.22. The first kappa shape index (κ1) is 21.9. The highest BCUT2D eigenvalue weighted by molar-refractivity contribution is 6.97. The van der Waals surface area contributed by atoms with Crippen molar-refractivity contribution in [2.45, 2.75) is 6.92 Å². The summed E-state index contributed by atoms with van der Waals surface area (Å²) in [6.45, 7) is -0.831. The van der Waals surface area contributed by atoms with Crippen LogP contribution in [0.25, 0.3) is 10.8 Å². The molecule has 0 nitrogen and oxygen atoms in total. The summed E-state index contributed by atoms with van der Waals surface area (Å²) in [6.07, 6.45) is 0. The van der Waals surface area contributed by atoms with Crippen molar-refractivity contribution in [1.29, 1.82) is 0 Å². The van der Waals surface area contributed by atoms with E-state index >= 15 is 0 Å². The van der Waals surface area contributed by atoms with E-state index in [1.165, 1.54) is 25.1 Å². The van der Waals surface area contributed by atoms with Crippen molar-refractivity contribution in [3.63, 3.8) is 0 Å². The van der Waals surface area contributed by atoms with Crippen LogP contribution < -0.4 is 16.4 Å². The Morgan fingerprint density at radius 3 is 1.44 bits per heavy atom. The van der Waals surface area contributed by atoms with Crippen LogP contribution in [0.15, 0.2) is 48.5 Å². The second-order valence-corrected chi connectivity index (χ2v) is 7.21. The zero-order valence-electron chi connectivity index (χ0n) is 16.2. The molecule has 0 aliphatic carbocycles. The molecule has 0 aliphatic heterocycles. The summed E-state index contributed by atoms with van der Waals surface area (Å²) >= 11 is 0. The van der Waals surface area contributed by atoms with Gasteiger partial charge in [-0.2, -0.15) is 0 Å². The number of hydrogen-bond acceptors (Lipinski definition) is 0. The molecule has 32 heavy (non-hydrogen) atoms. The molecular formula is C23H11BF8. The summed E-state index contributed by atoms with van der Waals surface area (Å²) in [6, 6.07) is 9.06. The van der Waals surface area contributed by atoms with Gasteiger partial charge in [-0.05, 0) is 17.7 Å². The Bertz CT molecular complexity index is 1270. The second-order valence-electron chi connectivity index (χ2n) is 7.21. The van der Waals surface area contributed by atoms with E-state index in [0.29, 0.717) is 5.39 Å². The molecule has 162 valence electrons. The van der Waals surface area contributed by atoms with E-state index in [4.69, 9.17) is 0 Å². The molecule has 0 aromatic heterocycles. The van der Waals surface area contributed by atoms with Crippen LogP contribution in [0, 0.1) is 53.5 Å². The monoisotopic (exact) mass is 450 g/mol. The molecule has 0 unspecified atom stereocenters. The number of fused-ring (bicyclic) bond motifs is 1. The summed E-state index contributed by atoms with van der Waals surface area (Å²) in [4.78, 5) is 0. The number of rotatable bonds is 3. The maximum absolute atomic E-state index is 14.8. The molecule has 4 rings (SSSR count). The Hall–Kier alpha value is -3.36. The first-order valence-corrected chi connectivity index (χ1v) is 9.27. The average Bonchev–Trinajstić information content (AvgIpc) is 2.76. The SMILES string of the molecule is Cc1ccc2ccccc2c1B(c1c(F)c(F)cc(F)c1F)c1c(F)c(F)cc(F)c1F. The summed E-state index contributed by atoms with van der Waals surface area (Å²) < 4.78 is 116. The van der Waals surface area contributed by atoms with E-state index in [9.17, 15) is 35.1 Å². The van der Waals surface area contributed by atoms with E-state index < -0.39 is 64.2 Å². The van der Waals surface area contributed by atoms with Crippen LogP contribution in [0.4, 0.5) is 35.1 Å². The standard InChI is InChI=1S/C23H11BF8/c1-10-6-7-11-4-2-3-5-12(11)17(10)24(18-20(29)13(25)8-14(26)21(18)30)19-22(31)15(27)9-16(28)23(19)32/h2-9H,1H3. The molecule has 0 fully saturated rings. The Kier molecular flexibility index (Phi) is 5.44. The third-order valence-corrected chi connectivity index (χ3v) is 5.35. The molecule has 0 bridgehead atoms. The van der Waals surface area contributed by atoms with Crippen molar-refractivity contribution < 1.29 is 35.1 Å². The Morgan fingerprint density at radius 1 is 0.531 bits per heavy atom. The lowest BCUT2D eigenvalue weighted by Crippen LogP contribution is -2.58. The highest BCUT2D eigenvalue weighted by atomic mass is 19.2. The van der Waals surface area contributed by atoms with Crippen molar-refractivity contribution in [1.82, 2.24) is 0 Å². The average molecular weight is 450 g/mol. The van der Waals surface area contributed by atoms with Gasteiger partial charge in [-0.25, -0.2) is 35.1 Å². The van der Waals surface area contributed by atoms with Crippen molar-refractivity contribution in [2.24, 2.45) is 0 Å². The largest absolute Gasteiger partial charge is 0.258 e. The molecule has 0 aliphatic rings. The number of aryl methyl sites for hydroxylation is 1. The Labute approximate surface area is 177 Å². The van der Waals surface area contributed by atoms with Gasteiger partial charge in [0.15, 0.2) is 46.5 Å². The van der Waals surface area contributed by atoms with E-state index in [1.807, 2.05) is 0 Å². The van der Waals surface area contributed by atoms with Gasteiger partial charge in [-0.3, -0.25) is 0 Å². The summed E-state index contributed by atoms with van der Waals surface area (Å²) in [5, 5.41) is 0.665. The van der Waals surface area contributed by atoms with Crippen LogP contribution in [-0.4, -0.2) is 6.71 Å². The number of hydrogen-bond donors (Lipinski definition) is 0. The van der Waals surface area contributed by atoms with Gasteiger partial charge in [0, 0.05) is 23.1 Å².